The van der Waals surface area contributed by atoms with Crippen LogP contribution in [0.5, 0.6) is 0 Å². The third kappa shape index (κ3) is 2.01. The molecule has 0 aliphatic rings. The van der Waals surface area contributed by atoms with E-state index >= 15 is 0 Å². The second-order valence-corrected chi connectivity index (χ2v) is 4.38. The minimum atomic E-state index is -0.279. The first-order valence-corrected chi connectivity index (χ1v) is 6.12. The molecule has 100 valence electrons. The van der Waals surface area contributed by atoms with E-state index in [2.05, 4.69) is 15.2 Å². The molecule has 0 spiro atoms. The molecule has 0 unspecified atom stereocenters. The van der Waals surface area contributed by atoms with Gasteiger partial charge in [0.25, 0.3) is 11.3 Å². The van der Waals surface area contributed by atoms with E-state index in [9.17, 15) is 4.79 Å². The first-order chi connectivity index (χ1) is 9.66. The van der Waals surface area contributed by atoms with Crippen LogP contribution >= 0.6 is 0 Å². The van der Waals surface area contributed by atoms with E-state index in [1.165, 1.54) is 4.68 Å². The Kier molecular flexibility index (Phi) is 2.90. The van der Waals surface area contributed by atoms with Crippen molar-refractivity contribution in [3.63, 3.8) is 0 Å². The van der Waals surface area contributed by atoms with Gasteiger partial charge in [0.15, 0.2) is 0 Å². The smallest absolute Gasteiger partial charge is 0.287 e. The standard InChI is InChI=1S/C14H12N4O2/c1-9-12-13(20-17-9)16-10(2)18(14(12)19)15-8-11-6-4-3-5-7-11/h3-8H,1-2H3/b15-8+. The number of hydrogen-bond acceptors (Lipinski definition) is 5. The fraction of sp³-hybridized carbons (Fsp3) is 0.143. The van der Waals surface area contributed by atoms with Gasteiger partial charge in [-0.3, -0.25) is 4.79 Å². The molecule has 0 amide bonds. The van der Waals surface area contributed by atoms with Crippen LogP contribution in [0.15, 0.2) is 44.8 Å². The van der Waals surface area contributed by atoms with Crippen molar-refractivity contribution in [3.8, 4) is 0 Å². The number of aromatic nitrogens is 3. The van der Waals surface area contributed by atoms with E-state index in [1.54, 1.807) is 20.1 Å². The third-order valence-electron chi connectivity index (χ3n) is 2.94. The fourth-order valence-electron chi connectivity index (χ4n) is 1.93. The largest absolute Gasteiger partial charge is 0.335 e. The van der Waals surface area contributed by atoms with E-state index in [4.69, 9.17) is 4.52 Å². The van der Waals surface area contributed by atoms with E-state index in [0.717, 1.165) is 5.56 Å². The maximum atomic E-state index is 12.4. The predicted molar refractivity (Wildman–Crippen MR) is 75.0 cm³/mol. The lowest BCUT2D eigenvalue weighted by Crippen LogP contribution is -2.20. The molecule has 2 heterocycles. The van der Waals surface area contributed by atoms with Gasteiger partial charge in [-0.1, -0.05) is 35.5 Å². The molecule has 0 radical (unpaired) electrons. The fourth-order valence-corrected chi connectivity index (χ4v) is 1.93. The van der Waals surface area contributed by atoms with Crippen LogP contribution in [0.25, 0.3) is 11.1 Å². The number of aryl methyl sites for hydroxylation is 2. The van der Waals surface area contributed by atoms with Gasteiger partial charge in [-0.05, 0) is 19.4 Å². The Balaban J connectivity index is 2.14. The highest BCUT2D eigenvalue weighted by molar-refractivity contribution is 5.79. The monoisotopic (exact) mass is 268 g/mol. The molecule has 20 heavy (non-hydrogen) atoms. The highest BCUT2D eigenvalue weighted by Crippen LogP contribution is 2.11. The Hall–Kier alpha value is -2.76. The maximum absolute atomic E-state index is 12.4. The van der Waals surface area contributed by atoms with Crippen LogP contribution in [0.2, 0.25) is 0 Å². The quantitative estimate of drug-likeness (QED) is 0.665. The van der Waals surface area contributed by atoms with Gasteiger partial charge in [0, 0.05) is 0 Å². The lowest BCUT2D eigenvalue weighted by molar-refractivity contribution is 0.441. The van der Waals surface area contributed by atoms with Crippen molar-refractivity contribution in [2.45, 2.75) is 13.8 Å². The molecule has 6 heteroatoms. The van der Waals surface area contributed by atoms with Crippen molar-refractivity contribution in [2.75, 3.05) is 0 Å². The van der Waals surface area contributed by atoms with Crippen LogP contribution in [-0.2, 0) is 0 Å². The third-order valence-corrected chi connectivity index (χ3v) is 2.94. The van der Waals surface area contributed by atoms with E-state index in [1.807, 2.05) is 30.3 Å². The summed E-state index contributed by atoms with van der Waals surface area (Å²) in [6.45, 7) is 3.40. The minimum Gasteiger partial charge on any atom is -0.335 e. The van der Waals surface area contributed by atoms with Gasteiger partial charge in [0.2, 0.25) is 0 Å². The van der Waals surface area contributed by atoms with Gasteiger partial charge in [0.1, 0.15) is 11.2 Å². The second-order valence-electron chi connectivity index (χ2n) is 4.38. The molecule has 0 saturated carbocycles. The molecule has 0 N–H and O–H groups in total. The van der Waals surface area contributed by atoms with Crippen molar-refractivity contribution >= 4 is 17.3 Å². The lowest BCUT2D eigenvalue weighted by Gasteiger charge is -2.01. The van der Waals surface area contributed by atoms with Crippen LogP contribution in [-0.4, -0.2) is 21.0 Å². The summed E-state index contributed by atoms with van der Waals surface area (Å²) < 4.78 is 6.25. The number of nitrogens with zero attached hydrogens (tertiary/aromatic N) is 4. The Morgan fingerprint density at radius 3 is 2.75 bits per heavy atom. The molecule has 0 atom stereocenters. The summed E-state index contributed by atoms with van der Waals surface area (Å²) in [6, 6.07) is 9.54. The Morgan fingerprint density at radius 1 is 1.25 bits per heavy atom. The summed E-state index contributed by atoms with van der Waals surface area (Å²) in [5.74, 6) is 0.450. The molecule has 3 aromatic rings. The van der Waals surface area contributed by atoms with Crippen LogP contribution in [0.1, 0.15) is 17.1 Å². The molecule has 0 saturated heterocycles. The summed E-state index contributed by atoms with van der Waals surface area (Å²) in [6.07, 6.45) is 1.62. The average Bonchev–Trinajstić information content (AvgIpc) is 2.81. The molecular weight excluding hydrogens is 256 g/mol. The molecule has 0 aliphatic heterocycles. The highest BCUT2D eigenvalue weighted by atomic mass is 16.5. The van der Waals surface area contributed by atoms with E-state index in [-0.39, 0.29) is 11.3 Å². The SMILES string of the molecule is Cc1noc2nc(C)n(/N=C/c3ccccc3)c(=O)c12. The lowest BCUT2D eigenvalue weighted by atomic mass is 10.2. The zero-order chi connectivity index (χ0) is 14.1. The van der Waals surface area contributed by atoms with Gasteiger partial charge in [-0.15, -0.1) is 0 Å². The highest BCUT2D eigenvalue weighted by Gasteiger charge is 2.14. The first-order valence-electron chi connectivity index (χ1n) is 6.12. The molecular formula is C14H12N4O2. The van der Waals surface area contributed by atoms with E-state index < -0.39 is 0 Å². The van der Waals surface area contributed by atoms with Crippen LogP contribution in [0, 0.1) is 13.8 Å². The van der Waals surface area contributed by atoms with Crippen LogP contribution in [0.4, 0.5) is 0 Å². The number of benzene rings is 1. The molecule has 6 nitrogen and oxygen atoms in total. The van der Waals surface area contributed by atoms with Gasteiger partial charge < -0.3 is 4.52 Å². The average molecular weight is 268 g/mol. The molecule has 1 aromatic carbocycles. The first kappa shape index (κ1) is 12.3. The zero-order valence-electron chi connectivity index (χ0n) is 11.1. The summed E-state index contributed by atoms with van der Waals surface area (Å²) >= 11 is 0. The number of hydrogen-bond donors (Lipinski definition) is 0. The minimum absolute atomic E-state index is 0.246. The van der Waals surface area contributed by atoms with Crippen LogP contribution < -0.4 is 5.56 Å². The van der Waals surface area contributed by atoms with Gasteiger partial charge in [-0.25, -0.2) is 0 Å². The van der Waals surface area contributed by atoms with Crippen molar-refractivity contribution < 1.29 is 4.52 Å². The van der Waals surface area contributed by atoms with Crippen molar-refractivity contribution in [1.82, 2.24) is 14.8 Å². The zero-order valence-corrected chi connectivity index (χ0v) is 11.1. The molecule has 0 fully saturated rings. The Labute approximate surface area is 114 Å². The van der Waals surface area contributed by atoms with Gasteiger partial charge >= 0.3 is 0 Å². The summed E-state index contributed by atoms with van der Waals surface area (Å²) in [4.78, 5) is 16.6. The Bertz CT molecular complexity index is 847. The molecule has 0 aliphatic carbocycles. The summed E-state index contributed by atoms with van der Waals surface area (Å²) in [5, 5.41) is 8.31. The predicted octanol–water partition coefficient (Wildman–Crippen LogP) is 1.88. The topological polar surface area (TPSA) is 73.3 Å². The molecule has 3 rings (SSSR count). The number of fused-ring (bicyclic) bond motifs is 1. The normalized spacial score (nSPS) is 11.5. The summed E-state index contributed by atoms with van der Waals surface area (Å²) in [5.41, 5.74) is 1.39. The van der Waals surface area contributed by atoms with Crippen molar-refractivity contribution in [1.29, 1.82) is 0 Å². The van der Waals surface area contributed by atoms with Gasteiger partial charge in [0.05, 0.1) is 11.9 Å². The molecule has 2 aromatic heterocycles. The van der Waals surface area contributed by atoms with Gasteiger partial charge in [-0.2, -0.15) is 14.8 Å². The van der Waals surface area contributed by atoms with Crippen molar-refractivity contribution in [3.05, 3.63) is 57.8 Å². The maximum Gasteiger partial charge on any atom is 0.287 e. The Morgan fingerprint density at radius 2 is 2.00 bits per heavy atom. The van der Waals surface area contributed by atoms with E-state index in [0.29, 0.717) is 16.9 Å². The van der Waals surface area contributed by atoms with Crippen LogP contribution in [0.3, 0.4) is 0 Å². The van der Waals surface area contributed by atoms with Crippen molar-refractivity contribution in [2.24, 2.45) is 5.10 Å². The second kappa shape index (κ2) is 4.73. The summed E-state index contributed by atoms with van der Waals surface area (Å²) in [7, 11) is 0. The number of rotatable bonds is 2. The molecule has 0 bridgehead atoms.